The average Bonchev–Trinajstić information content (AvgIpc) is 2.28. The van der Waals surface area contributed by atoms with E-state index in [0.717, 1.165) is 12.8 Å². The summed E-state index contributed by atoms with van der Waals surface area (Å²) in [5.41, 5.74) is 0. The molecule has 1 aliphatic rings. The molecule has 0 amide bonds. The quantitative estimate of drug-likeness (QED) is 0.757. The summed E-state index contributed by atoms with van der Waals surface area (Å²) >= 11 is 0. The molecule has 0 spiro atoms. The van der Waals surface area contributed by atoms with Crippen molar-refractivity contribution < 1.29 is 18.3 Å². The van der Waals surface area contributed by atoms with E-state index < -0.39 is 10.0 Å². The first-order valence-corrected chi connectivity index (χ1v) is 7.77. The van der Waals surface area contributed by atoms with Gasteiger partial charge in [-0.15, -0.1) is 0 Å². The Bertz CT molecular complexity index is 307. The van der Waals surface area contributed by atoms with Gasteiger partial charge in [-0.25, -0.2) is 12.7 Å². The molecule has 0 unspecified atom stereocenters. The van der Waals surface area contributed by atoms with Gasteiger partial charge in [-0.05, 0) is 32.6 Å². The molecule has 0 aromatic rings. The molecule has 6 heteroatoms. The molecule has 0 aromatic heterocycles. The minimum Gasteiger partial charge on any atom is -0.396 e. The van der Waals surface area contributed by atoms with Crippen molar-refractivity contribution in [2.24, 2.45) is 5.92 Å². The zero-order valence-corrected chi connectivity index (χ0v) is 11.4. The molecule has 0 saturated carbocycles. The monoisotopic (exact) mass is 265 g/mol. The summed E-state index contributed by atoms with van der Waals surface area (Å²) < 4.78 is 30.7. The summed E-state index contributed by atoms with van der Waals surface area (Å²) in [4.78, 5) is 0. The number of aliphatic hydroxyl groups excluding tert-OH is 1. The van der Waals surface area contributed by atoms with E-state index in [4.69, 9.17) is 9.84 Å². The van der Waals surface area contributed by atoms with Crippen LogP contribution >= 0.6 is 0 Å². The van der Waals surface area contributed by atoms with Gasteiger partial charge in [-0.3, -0.25) is 0 Å². The van der Waals surface area contributed by atoms with Crippen LogP contribution in [0.25, 0.3) is 0 Å². The zero-order chi connectivity index (χ0) is 12.9. The van der Waals surface area contributed by atoms with Crippen LogP contribution in [0, 0.1) is 5.92 Å². The fraction of sp³-hybridized carbons (Fsp3) is 1.00. The van der Waals surface area contributed by atoms with Gasteiger partial charge in [-0.2, -0.15) is 0 Å². The van der Waals surface area contributed by atoms with Crippen molar-refractivity contribution in [2.45, 2.75) is 32.8 Å². The highest BCUT2D eigenvalue weighted by Crippen LogP contribution is 2.19. The highest BCUT2D eigenvalue weighted by molar-refractivity contribution is 7.89. The topological polar surface area (TPSA) is 66.8 Å². The summed E-state index contributed by atoms with van der Waals surface area (Å²) in [5, 5.41) is 8.99. The molecule has 0 aromatic carbocycles. The number of rotatable bonds is 6. The van der Waals surface area contributed by atoms with Gasteiger partial charge in [0.1, 0.15) is 0 Å². The van der Waals surface area contributed by atoms with Gasteiger partial charge in [0.25, 0.3) is 0 Å². The van der Waals surface area contributed by atoms with Crippen LogP contribution in [0.15, 0.2) is 0 Å². The molecule has 17 heavy (non-hydrogen) atoms. The number of hydrogen-bond acceptors (Lipinski definition) is 4. The van der Waals surface area contributed by atoms with Crippen LogP contribution in [0.4, 0.5) is 0 Å². The maximum absolute atomic E-state index is 11.9. The Morgan fingerprint density at radius 1 is 1.35 bits per heavy atom. The first-order valence-electron chi connectivity index (χ1n) is 6.16. The van der Waals surface area contributed by atoms with E-state index in [2.05, 4.69) is 0 Å². The van der Waals surface area contributed by atoms with Gasteiger partial charge in [0.15, 0.2) is 0 Å². The SMILES string of the molecule is CC(C)OCCS(=O)(=O)N1CCC(CO)CC1. The fourth-order valence-corrected chi connectivity index (χ4v) is 3.22. The minimum atomic E-state index is -3.18. The number of nitrogens with zero attached hydrogens (tertiary/aromatic N) is 1. The lowest BCUT2D eigenvalue weighted by atomic mass is 10.00. The lowest BCUT2D eigenvalue weighted by Gasteiger charge is -2.30. The summed E-state index contributed by atoms with van der Waals surface area (Å²) in [6.07, 6.45) is 1.56. The predicted octanol–water partition coefficient (Wildman–Crippen LogP) is 0.446. The summed E-state index contributed by atoms with van der Waals surface area (Å²) in [5.74, 6) is 0.308. The molecule has 0 radical (unpaired) electrons. The molecule has 0 atom stereocenters. The van der Waals surface area contributed by atoms with Crippen LogP contribution in [-0.2, 0) is 14.8 Å². The van der Waals surface area contributed by atoms with Gasteiger partial charge >= 0.3 is 0 Å². The molecular formula is C11H23NO4S. The van der Waals surface area contributed by atoms with E-state index >= 15 is 0 Å². The lowest BCUT2D eigenvalue weighted by Crippen LogP contribution is -2.41. The van der Waals surface area contributed by atoms with Crippen molar-refractivity contribution in [3.63, 3.8) is 0 Å². The molecule has 1 aliphatic heterocycles. The first-order chi connectivity index (χ1) is 7.95. The van der Waals surface area contributed by atoms with Crippen LogP contribution in [0.3, 0.4) is 0 Å². The smallest absolute Gasteiger partial charge is 0.216 e. The normalized spacial score (nSPS) is 20.0. The molecule has 0 bridgehead atoms. The Morgan fingerprint density at radius 2 is 1.94 bits per heavy atom. The van der Waals surface area contributed by atoms with Crippen LogP contribution in [0.1, 0.15) is 26.7 Å². The van der Waals surface area contributed by atoms with Crippen LogP contribution in [0.2, 0.25) is 0 Å². The first kappa shape index (κ1) is 14.9. The molecular weight excluding hydrogens is 242 g/mol. The van der Waals surface area contributed by atoms with E-state index in [9.17, 15) is 8.42 Å². The number of aliphatic hydroxyl groups is 1. The van der Waals surface area contributed by atoms with E-state index in [1.165, 1.54) is 4.31 Å². The van der Waals surface area contributed by atoms with E-state index in [1.807, 2.05) is 13.8 Å². The third-order valence-electron chi connectivity index (χ3n) is 3.02. The Balaban J connectivity index is 2.38. The molecule has 1 N–H and O–H groups in total. The molecule has 1 fully saturated rings. The Hall–Kier alpha value is -0.170. The third-order valence-corrected chi connectivity index (χ3v) is 4.85. The molecule has 1 rings (SSSR count). The maximum atomic E-state index is 11.9. The van der Waals surface area contributed by atoms with Crippen molar-refractivity contribution in [1.29, 1.82) is 0 Å². The van der Waals surface area contributed by atoms with Crippen LogP contribution in [0.5, 0.6) is 0 Å². The highest BCUT2D eigenvalue weighted by atomic mass is 32.2. The fourth-order valence-electron chi connectivity index (χ4n) is 1.89. The molecule has 1 saturated heterocycles. The highest BCUT2D eigenvalue weighted by Gasteiger charge is 2.27. The van der Waals surface area contributed by atoms with Crippen molar-refractivity contribution >= 4 is 10.0 Å². The Kier molecular flexibility index (Phi) is 5.85. The van der Waals surface area contributed by atoms with Gasteiger partial charge in [0.05, 0.1) is 18.5 Å². The second-order valence-corrected chi connectivity index (χ2v) is 6.85. The maximum Gasteiger partial charge on any atom is 0.216 e. The minimum absolute atomic E-state index is 0.0506. The second kappa shape index (κ2) is 6.68. The standard InChI is InChI=1S/C11H23NO4S/c1-10(2)16-7-8-17(14,15)12-5-3-11(9-13)4-6-12/h10-11,13H,3-9H2,1-2H3. The molecule has 1 heterocycles. The van der Waals surface area contributed by atoms with Crippen LogP contribution < -0.4 is 0 Å². The summed E-state index contributed by atoms with van der Waals surface area (Å²) in [6, 6.07) is 0. The van der Waals surface area contributed by atoms with Gasteiger partial charge in [0.2, 0.25) is 10.0 Å². The third kappa shape index (κ3) is 4.91. The van der Waals surface area contributed by atoms with E-state index in [0.29, 0.717) is 13.1 Å². The van der Waals surface area contributed by atoms with E-state index in [-0.39, 0.29) is 31.0 Å². The average molecular weight is 265 g/mol. The predicted molar refractivity (Wildman–Crippen MR) is 66.3 cm³/mol. The van der Waals surface area contributed by atoms with Crippen LogP contribution in [-0.4, -0.2) is 56.0 Å². The number of sulfonamides is 1. The number of ether oxygens (including phenoxy) is 1. The zero-order valence-electron chi connectivity index (χ0n) is 10.6. The number of piperidine rings is 1. The summed E-state index contributed by atoms with van der Waals surface area (Å²) in [7, 11) is -3.18. The second-order valence-electron chi connectivity index (χ2n) is 4.76. The van der Waals surface area contributed by atoms with Crippen molar-refractivity contribution in [1.82, 2.24) is 4.31 Å². The van der Waals surface area contributed by atoms with Crippen molar-refractivity contribution in [2.75, 3.05) is 32.1 Å². The Morgan fingerprint density at radius 3 is 2.41 bits per heavy atom. The Labute approximate surface area is 104 Å². The molecule has 102 valence electrons. The van der Waals surface area contributed by atoms with Gasteiger partial charge < -0.3 is 9.84 Å². The van der Waals surface area contributed by atoms with E-state index in [1.54, 1.807) is 0 Å². The van der Waals surface area contributed by atoms with Crippen molar-refractivity contribution in [3.05, 3.63) is 0 Å². The van der Waals surface area contributed by atoms with Crippen molar-refractivity contribution in [3.8, 4) is 0 Å². The molecule has 5 nitrogen and oxygen atoms in total. The lowest BCUT2D eigenvalue weighted by molar-refractivity contribution is 0.0903. The largest absolute Gasteiger partial charge is 0.396 e. The van der Waals surface area contributed by atoms with Gasteiger partial charge in [0, 0.05) is 19.7 Å². The van der Waals surface area contributed by atoms with Gasteiger partial charge in [-0.1, -0.05) is 0 Å². The summed E-state index contributed by atoms with van der Waals surface area (Å²) in [6.45, 7) is 5.23. The number of hydrogen-bond donors (Lipinski definition) is 1. The molecule has 0 aliphatic carbocycles.